The highest BCUT2D eigenvalue weighted by atomic mass is 16.8. The van der Waals surface area contributed by atoms with Crippen molar-refractivity contribution in [2.75, 3.05) is 33.0 Å². The number of carbonyl (C=O) groups is 2. The van der Waals surface area contributed by atoms with Crippen LogP contribution in [0, 0.1) is 0 Å². The monoisotopic (exact) mass is 744 g/mol. The molecule has 2 fully saturated rings. The van der Waals surface area contributed by atoms with Gasteiger partial charge in [0.15, 0.2) is 18.2 Å². The highest BCUT2D eigenvalue weighted by Crippen LogP contribution is 2.35. The summed E-state index contributed by atoms with van der Waals surface area (Å²) in [4.78, 5) is 24.2. The van der Waals surface area contributed by atoms with Crippen molar-refractivity contribution in [3.8, 4) is 0 Å². The number of carboxylic acid groups (broad SMARTS) is 1. The molecule has 0 aromatic heterocycles. The molecule has 2 aliphatic heterocycles. The number of hydrogen-bond acceptors (Lipinski definition) is 9. The van der Waals surface area contributed by atoms with Gasteiger partial charge in [0.2, 0.25) is 5.91 Å². The van der Waals surface area contributed by atoms with Crippen LogP contribution in [-0.4, -0.2) is 98.7 Å². The number of carbonyl (C=O) groups excluding carboxylic acids is 1. The van der Waals surface area contributed by atoms with E-state index in [9.17, 15) is 14.7 Å². The first-order chi connectivity index (χ1) is 25.1. The molecular formula is C41H77NO10. The van der Waals surface area contributed by atoms with Crippen molar-refractivity contribution in [3.05, 3.63) is 0 Å². The van der Waals surface area contributed by atoms with Gasteiger partial charge in [0, 0.05) is 20.1 Å². The van der Waals surface area contributed by atoms with Gasteiger partial charge < -0.3 is 43.6 Å². The number of unbranched alkanes of at least 4 members (excludes halogenated alkanes) is 18. The summed E-state index contributed by atoms with van der Waals surface area (Å²) in [6, 6.07) is -0.829. The lowest BCUT2D eigenvalue weighted by molar-refractivity contribution is -0.375. The van der Waals surface area contributed by atoms with E-state index >= 15 is 0 Å². The van der Waals surface area contributed by atoms with E-state index in [1.54, 1.807) is 13.8 Å². The van der Waals surface area contributed by atoms with Crippen LogP contribution in [0.2, 0.25) is 0 Å². The Morgan fingerprint density at radius 2 is 1.31 bits per heavy atom. The Balaban J connectivity index is 1.94. The maximum atomic E-state index is 12.4. The largest absolute Gasteiger partial charge is 0.479 e. The van der Waals surface area contributed by atoms with Crippen molar-refractivity contribution < 1.29 is 47.9 Å². The van der Waals surface area contributed by atoms with Crippen LogP contribution >= 0.6 is 0 Å². The molecule has 306 valence electrons. The molecule has 11 heteroatoms. The third-order valence-electron chi connectivity index (χ3n) is 9.98. The maximum Gasteiger partial charge on any atom is 0.332 e. The van der Waals surface area contributed by atoms with Crippen LogP contribution in [0.15, 0.2) is 0 Å². The highest BCUT2D eigenvalue weighted by Gasteiger charge is 2.53. The van der Waals surface area contributed by atoms with Crippen molar-refractivity contribution >= 4 is 11.9 Å². The Bertz CT molecular complexity index is 920. The Hall–Kier alpha value is -1.34. The first-order valence-corrected chi connectivity index (χ1v) is 21.0. The second-order valence-corrected chi connectivity index (χ2v) is 15.4. The average molecular weight is 744 g/mol. The van der Waals surface area contributed by atoms with Gasteiger partial charge in [0.25, 0.3) is 0 Å². The van der Waals surface area contributed by atoms with Gasteiger partial charge in [0.1, 0.15) is 30.5 Å². The minimum absolute atomic E-state index is 0.169. The smallest absolute Gasteiger partial charge is 0.332 e. The van der Waals surface area contributed by atoms with E-state index in [-0.39, 0.29) is 25.2 Å². The van der Waals surface area contributed by atoms with Crippen molar-refractivity contribution in [3.63, 3.8) is 0 Å². The zero-order chi connectivity index (χ0) is 38.0. The topological polar surface area (TPSA) is 131 Å². The lowest BCUT2D eigenvalue weighted by Crippen LogP contribution is -2.69. The van der Waals surface area contributed by atoms with Crippen molar-refractivity contribution in [2.24, 2.45) is 0 Å². The lowest BCUT2D eigenvalue weighted by Gasteiger charge is -2.51. The number of aliphatic carboxylic acids is 1. The third kappa shape index (κ3) is 20.4. The number of carboxylic acids is 1. The van der Waals surface area contributed by atoms with E-state index in [2.05, 4.69) is 19.2 Å². The molecule has 0 aliphatic carbocycles. The summed E-state index contributed by atoms with van der Waals surface area (Å²) < 4.78 is 43.2. The van der Waals surface area contributed by atoms with Crippen LogP contribution < -0.4 is 5.32 Å². The van der Waals surface area contributed by atoms with E-state index in [0.717, 1.165) is 25.7 Å². The summed E-state index contributed by atoms with van der Waals surface area (Å²) in [6.07, 6.45) is 20.6. The predicted molar refractivity (Wildman–Crippen MR) is 203 cm³/mol. The molecule has 11 nitrogen and oxygen atoms in total. The summed E-state index contributed by atoms with van der Waals surface area (Å²) in [7, 11) is 0. The van der Waals surface area contributed by atoms with E-state index in [1.165, 1.54) is 117 Å². The van der Waals surface area contributed by atoms with E-state index < -0.39 is 48.5 Å². The standard InChI is InChI=1S/C41H77NO10/c1-7-9-11-13-15-17-19-21-23-25-27-46-29-34(47-28-26-24-22-20-18-16-14-12-10-8-2)30-48-40-36(42-33(4)43)38(50-32(3)39(44)45)37-35(51-40)31-49-41(5,6)52-37/h32,34-38,40H,7-31H2,1-6H3,(H,42,43)(H,44,45). The second kappa shape index (κ2) is 28.1. The fourth-order valence-corrected chi connectivity index (χ4v) is 6.90. The molecule has 2 rings (SSSR count). The Kier molecular flexibility index (Phi) is 25.3. The molecule has 0 spiro atoms. The van der Waals surface area contributed by atoms with Crippen LogP contribution in [0.3, 0.4) is 0 Å². The third-order valence-corrected chi connectivity index (χ3v) is 9.98. The van der Waals surface area contributed by atoms with E-state index in [0.29, 0.717) is 19.8 Å². The molecule has 0 bridgehead atoms. The summed E-state index contributed by atoms with van der Waals surface area (Å²) in [5, 5.41) is 12.6. The zero-order valence-corrected chi connectivity index (χ0v) is 33.8. The van der Waals surface area contributed by atoms with Crippen LogP contribution in [-0.2, 0) is 42.7 Å². The quantitative estimate of drug-likeness (QED) is 0.0647. The van der Waals surface area contributed by atoms with E-state index in [4.69, 9.17) is 33.2 Å². The van der Waals surface area contributed by atoms with Gasteiger partial charge in [-0.05, 0) is 33.6 Å². The number of fused-ring (bicyclic) bond motifs is 1. The predicted octanol–water partition coefficient (Wildman–Crippen LogP) is 8.49. The zero-order valence-electron chi connectivity index (χ0n) is 33.8. The molecule has 2 aliphatic rings. The molecule has 0 aromatic carbocycles. The van der Waals surface area contributed by atoms with Gasteiger partial charge in [-0.25, -0.2) is 4.79 Å². The fraction of sp³-hybridized carbons (Fsp3) is 0.951. The number of ether oxygens (including phenoxy) is 7. The van der Waals surface area contributed by atoms with Crippen LogP contribution in [0.5, 0.6) is 0 Å². The van der Waals surface area contributed by atoms with Crippen molar-refractivity contribution in [1.29, 1.82) is 0 Å². The molecular weight excluding hydrogens is 666 g/mol. The minimum atomic E-state index is -1.15. The number of nitrogens with one attached hydrogen (secondary N) is 1. The minimum Gasteiger partial charge on any atom is -0.479 e. The molecule has 2 N–H and O–H groups in total. The molecule has 7 unspecified atom stereocenters. The number of hydrogen-bond donors (Lipinski definition) is 2. The van der Waals surface area contributed by atoms with Gasteiger partial charge in [0.05, 0.1) is 19.8 Å². The lowest BCUT2D eigenvalue weighted by atomic mass is 9.94. The molecule has 52 heavy (non-hydrogen) atoms. The van der Waals surface area contributed by atoms with Gasteiger partial charge >= 0.3 is 5.97 Å². The van der Waals surface area contributed by atoms with Crippen LogP contribution in [0.1, 0.15) is 170 Å². The van der Waals surface area contributed by atoms with Crippen molar-refractivity contribution in [1.82, 2.24) is 5.32 Å². The van der Waals surface area contributed by atoms with Crippen LogP contribution in [0.4, 0.5) is 0 Å². The maximum absolute atomic E-state index is 12.4. The molecule has 0 aromatic rings. The van der Waals surface area contributed by atoms with Crippen LogP contribution in [0.25, 0.3) is 0 Å². The first kappa shape index (κ1) is 46.8. The summed E-state index contributed by atoms with van der Waals surface area (Å²) >= 11 is 0. The molecule has 0 saturated carbocycles. The number of rotatable bonds is 32. The van der Waals surface area contributed by atoms with Gasteiger partial charge in [-0.15, -0.1) is 0 Å². The molecule has 7 atom stereocenters. The second-order valence-electron chi connectivity index (χ2n) is 15.4. The van der Waals surface area contributed by atoms with E-state index in [1.807, 2.05) is 0 Å². The summed E-state index contributed by atoms with van der Waals surface area (Å²) in [6.45, 7) is 13.0. The first-order valence-electron chi connectivity index (χ1n) is 21.0. The molecule has 2 saturated heterocycles. The molecule has 2 heterocycles. The Labute approximate surface area is 316 Å². The molecule has 1 amide bonds. The number of amides is 1. The van der Waals surface area contributed by atoms with Gasteiger partial charge in [-0.1, -0.05) is 129 Å². The molecule has 0 radical (unpaired) electrons. The summed E-state index contributed by atoms with van der Waals surface area (Å²) in [5.41, 5.74) is 0. The highest BCUT2D eigenvalue weighted by molar-refractivity contribution is 5.73. The van der Waals surface area contributed by atoms with Gasteiger partial charge in [-0.2, -0.15) is 0 Å². The van der Waals surface area contributed by atoms with Crippen molar-refractivity contribution in [2.45, 2.75) is 219 Å². The SMILES string of the molecule is CCCCCCCCCCCCOCC(COC1OC2COC(C)(C)OC2C(OC(C)C(=O)O)C1NC(C)=O)OCCCCCCCCCCCC. The Morgan fingerprint density at radius 3 is 1.83 bits per heavy atom. The average Bonchev–Trinajstić information content (AvgIpc) is 3.10. The normalized spacial score (nSPS) is 23.9. The van der Waals surface area contributed by atoms with Gasteiger partial charge in [-0.3, -0.25) is 4.79 Å². The fourth-order valence-electron chi connectivity index (χ4n) is 6.90. The summed E-state index contributed by atoms with van der Waals surface area (Å²) in [5.74, 6) is -2.38. The Morgan fingerprint density at radius 1 is 0.788 bits per heavy atom.